The number of nitrogen functional groups attached to an aromatic ring is 1. The van der Waals surface area contributed by atoms with E-state index in [1.165, 1.54) is 38.2 Å². The number of nitro groups is 1. The Morgan fingerprint density at radius 2 is 2.00 bits per heavy atom. The van der Waals surface area contributed by atoms with Gasteiger partial charge in [0.1, 0.15) is 5.69 Å². The quantitative estimate of drug-likeness (QED) is 0.518. The van der Waals surface area contributed by atoms with Crippen molar-refractivity contribution < 1.29 is 4.92 Å². The third-order valence-corrected chi connectivity index (χ3v) is 4.56. The van der Waals surface area contributed by atoms with E-state index in [4.69, 9.17) is 5.73 Å². The Labute approximate surface area is 119 Å². The van der Waals surface area contributed by atoms with Gasteiger partial charge in [0.15, 0.2) is 0 Å². The summed E-state index contributed by atoms with van der Waals surface area (Å²) in [6.45, 7) is 2.26. The molecule has 0 heterocycles. The highest BCUT2D eigenvalue weighted by Gasteiger charge is 2.24. The number of rotatable bonds is 4. The average molecular weight is 277 g/mol. The molecule has 1 fully saturated rings. The fraction of sp³-hybridized carbons (Fsp3) is 0.600. The lowest BCUT2D eigenvalue weighted by molar-refractivity contribution is -0.383. The van der Waals surface area contributed by atoms with Gasteiger partial charge in [-0.15, -0.1) is 0 Å². The molecule has 0 atom stereocenters. The predicted octanol–water partition coefficient (Wildman–Crippen LogP) is 3.58. The predicted molar refractivity (Wildman–Crippen MR) is 81.9 cm³/mol. The number of nitrogens with two attached hydrogens (primary N) is 1. The molecule has 1 aliphatic carbocycles. The fourth-order valence-corrected chi connectivity index (χ4v) is 3.08. The lowest BCUT2D eigenvalue weighted by atomic mass is 9.84. The number of benzene rings is 1. The maximum Gasteiger partial charge on any atom is 0.292 e. The smallest absolute Gasteiger partial charge is 0.292 e. The summed E-state index contributed by atoms with van der Waals surface area (Å²) >= 11 is 0. The molecule has 1 aromatic carbocycles. The van der Waals surface area contributed by atoms with E-state index in [2.05, 4.69) is 18.9 Å². The Morgan fingerprint density at radius 3 is 2.50 bits per heavy atom. The standard InChI is InChI=1S/C15H23N3O2/c1-3-11-4-6-12(7-5-11)17(2)13-8-9-15(18(19)20)14(16)10-13/h8-12H,3-7,16H2,1-2H3. The van der Waals surface area contributed by atoms with Gasteiger partial charge in [0, 0.05) is 24.8 Å². The normalized spacial score (nSPS) is 22.5. The zero-order valence-electron chi connectivity index (χ0n) is 12.2. The Balaban J connectivity index is 2.08. The average Bonchev–Trinajstić information content (AvgIpc) is 2.46. The first-order chi connectivity index (χ1) is 9.52. The lowest BCUT2D eigenvalue weighted by Crippen LogP contribution is -2.35. The monoisotopic (exact) mass is 277 g/mol. The molecule has 2 rings (SSSR count). The van der Waals surface area contributed by atoms with Crippen molar-refractivity contribution in [3.63, 3.8) is 0 Å². The second kappa shape index (κ2) is 6.11. The Morgan fingerprint density at radius 1 is 1.35 bits per heavy atom. The number of nitro benzene ring substituents is 1. The van der Waals surface area contributed by atoms with Crippen LogP contribution in [0.25, 0.3) is 0 Å². The van der Waals surface area contributed by atoms with Gasteiger partial charge in [-0.1, -0.05) is 13.3 Å². The van der Waals surface area contributed by atoms with Gasteiger partial charge in [0.25, 0.3) is 5.69 Å². The SMILES string of the molecule is CCC1CCC(N(C)c2ccc([N+](=O)[O-])c(N)c2)CC1. The van der Waals surface area contributed by atoms with E-state index < -0.39 is 4.92 Å². The van der Waals surface area contributed by atoms with Crippen molar-refractivity contribution in [2.75, 3.05) is 17.7 Å². The molecule has 0 aromatic heterocycles. The van der Waals surface area contributed by atoms with Gasteiger partial charge >= 0.3 is 0 Å². The van der Waals surface area contributed by atoms with Crippen molar-refractivity contribution in [3.05, 3.63) is 28.3 Å². The van der Waals surface area contributed by atoms with Gasteiger partial charge in [-0.25, -0.2) is 0 Å². The Kier molecular flexibility index (Phi) is 4.47. The van der Waals surface area contributed by atoms with Crippen LogP contribution >= 0.6 is 0 Å². The molecule has 0 unspecified atom stereocenters. The highest BCUT2D eigenvalue weighted by atomic mass is 16.6. The maximum absolute atomic E-state index is 10.8. The minimum Gasteiger partial charge on any atom is -0.393 e. The van der Waals surface area contributed by atoms with Crippen molar-refractivity contribution >= 4 is 17.1 Å². The highest BCUT2D eigenvalue weighted by Crippen LogP contribution is 2.33. The number of nitrogens with zero attached hydrogens (tertiary/aromatic N) is 2. The summed E-state index contributed by atoms with van der Waals surface area (Å²) in [6, 6.07) is 5.52. The molecule has 0 saturated heterocycles. The molecule has 110 valence electrons. The minimum atomic E-state index is -0.439. The summed E-state index contributed by atoms with van der Waals surface area (Å²) in [7, 11) is 2.05. The van der Waals surface area contributed by atoms with Crippen LogP contribution in [0.2, 0.25) is 0 Å². The van der Waals surface area contributed by atoms with Gasteiger partial charge in [-0.3, -0.25) is 10.1 Å². The highest BCUT2D eigenvalue weighted by molar-refractivity contribution is 5.66. The molecule has 0 aliphatic heterocycles. The topological polar surface area (TPSA) is 72.4 Å². The third-order valence-electron chi connectivity index (χ3n) is 4.56. The first-order valence-corrected chi connectivity index (χ1v) is 7.29. The van der Waals surface area contributed by atoms with Crippen LogP contribution in [0.3, 0.4) is 0 Å². The summed E-state index contributed by atoms with van der Waals surface area (Å²) < 4.78 is 0. The van der Waals surface area contributed by atoms with Crippen molar-refractivity contribution in [1.82, 2.24) is 0 Å². The number of hydrogen-bond donors (Lipinski definition) is 1. The first-order valence-electron chi connectivity index (χ1n) is 7.29. The molecular weight excluding hydrogens is 254 g/mol. The van der Waals surface area contributed by atoms with E-state index in [0.717, 1.165) is 11.6 Å². The van der Waals surface area contributed by atoms with Crippen molar-refractivity contribution in [1.29, 1.82) is 0 Å². The molecule has 20 heavy (non-hydrogen) atoms. The molecule has 1 aliphatic rings. The van der Waals surface area contributed by atoms with Crippen LogP contribution < -0.4 is 10.6 Å². The molecule has 0 bridgehead atoms. The van der Waals surface area contributed by atoms with Crippen LogP contribution in [0.5, 0.6) is 0 Å². The molecule has 0 radical (unpaired) electrons. The molecule has 0 spiro atoms. The largest absolute Gasteiger partial charge is 0.393 e. The Bertz CT molecular complexity index is 482. The minimum absolute atomic E-state index is 0.0168. The van der Waals surface area contributed by atoms with E-state index in [1.807, 2.05) is 0 Å². The maximum atomic E-state index is 10.8. The second-order valence-corrected chi connectivity index (χ2v) is 5.69. The van der Waals surface area contributed by atoms with Gasteiger partial charge in [0.2, 0.25) is 0 Å². The summed E-state index contributed by atoms with van der Waals surface area (Å²) in [5.74, 6) is 0.863. The molecule has 5 heteroatoms. The third kappa shape index (κ3) is 3.03. The summed E-state index contributed by atoms with van der Waals surface area (Å²) in [6.07, 6.45) is 6.18. The zero-order valence-corrected chi connectivity index (χ0v) is 12.2. The van der Waals surface area contributed by atoms with Crippen LogP contribution in [0.15, 0.2) is 18.2 Å². The molecule has 1 saturated carbocycles. The van der Waals surface area contributed by atoms with Crippen molar-refractivity contribution in [3.8, 4) is 0 Å². The van der Waals surface area contributed by atoms with Gasteiger partial charge in [0.05, 0.1) is 4.92 Å². The van der Waals surface area contributed by atoms with Gasteiger partial charge in [-0.05, 0) is 43.7 Å². The summed E-state index contributed by atoms with van der Waals surface area (Å²) in [5, 5.41) is 10.8. The number of anilines is 2. The van der Waals surface area contributed by atoms with Crippen LogP contribution in [0.1, 0.15) is 39.0 Å². The van der Waals surface area contributed by atoms with E-state index in [0.29, 0.717) is 6.04 Å². The fourth-order valence-electron chi connectivity index (χ4n) is 3.08. The zero-order chi connectivity index (χ0) is 14.7. The summed E-state index contributed by atoms with van der Waals surface area (Å²) in [5.41, 5.74) is 6.95. The van der Waals surface area contributed by atoms with E-state index >= 15 is 0 Å². The number of hydrogen-bond acceptors (Lipinski definition) is 4. The second-order valence-electron chi connectivity index (χ2n) is 5.69. The molecule has 0 amide bonds. The van der Waals surface area contributed by atoms with Gasteiger partial charge < -0.3 is 10.6 Å². The van der Waals surface area contributed by atoms with Crippen LogP contribution in [-0.4, -0.2) is 18.0 Å². The molecule has 2 N–H and O–H groups in total. The van der Waals surface area contributed by atoms with Crippen molar-refractivity contribution in [2.24, 2.45) is 5.92 Å². The van der Waals surface area contributed by atoms with Gasteiger partial charge in [-0.2, -0.15) is 0 Å². The van der Waals surface area contributed by atoms with Crippen LogP contribution in [0, 0.1) is 16.0 Å². The molecule has 5 nitrogen and oxygen atoms in total. The van der Waals surface area contributed by atoms with Crippen molar-refractivity contribution in [2.45, 2.75) is 45.1 Å². The van der Waals surface area contributed by atoms with Crippen LogP contribution in [0.4, 0.5) is 17.1 Å². The Hall–Kier alpha value is -1.78. The molecular formula is C15H23N3O2. The first kappa shape index (κ1) is 14.6. The van der Waals surface area contributed by atoms with E-state index in [-0.39, 0.29) is 11.4 Å². The summed E-state index contributed by atoms with van der Waals surface area (Å²) in [4.78, 5) is 12.6. The van der Waals surface area contributed by atoms with E-state index in [9.17, 15) is 10.1 Å². The molecule has 1 aromatic rings. The van der Waals surface area contributed by atoms with Crippen LogP contribution in [-0.2, 0) is 0 Å². The lowest BCUT2D eigenvalue weighted by Gasteiger charge is -2.35. The van der Waals surface area contributed by atoms with E-state index in [1.54, 1.807) is 12.1 Å².